The molecule has 0 saturated carbocycles. The van der Waals surface area contributed by atoms with Crippen LogP contribution in [0.5, 0.6) is 0 Å². The Bertz CT molecular complexity index is 1320. The zero-order valence-electron chi connectivity index (χ0n) is 34.6. The summed E-state index contributed by atoms with van der Waals surface area (Å²) in [6, 6.07) is 23.6. The standard InChI is InChI=1S/3C12H18NO.C9H13.Ti/c3*1-12(2,14)11-8-6-5-7-10(11)9-13(3)4;1-2-3-6-9-7-4-5-8-9;/h3*5-8H,9H2,1-4H3;4,7H,2-3,5-6H2,1H3;/q4*-1;+4. The van der Waals surface area contributed by atoms with Crippen molar-refractivity contribution in [1.29, 1.82) is 0 Å². The van der Waals surface area contributed by atoms with E-state index in [0.717, 1.165) is 59.4 Å². The van der Waals surface area contributed by atoms with Gasteiger partial charge in [-0.05, 0) is 59.0 Å². The molecule has 0 heterocycles. The number of hydrogen-bond donors (Lipinski definition) is 0. The molecular weight excluding hydrogens is 678 g/mol. The van der Waals surface area contributed by atoms with Crippen molar-refractivity contribution in [2.75, 3.05) is 42.3 Å². The molecule has 0 aliphatic heterocycles. The van der Waals surface area contributed by atoms with E-state index in [-0.39, 0.29) is 21.7 Å². The van der Waals surface area contributed by atoms with Gasteiger partial charge in [-0.15, -0.1) is 6.42 Å². The number of unbranched alkanes of at least 4 members (excludes halogenated alkanes) is 1. The summed E-state index contributed by atoms with van der Waals surface area (Å²) in [6.07, 6.45) is 12.5. The summed E-state index contributed by atoms with van der Waals surface area (Å²) < 4.78 is 0. The fourth-order valence-corrected chi connectivity index (χ4v) is 5.75. The van der Waals surface area contributed by atoms with Gasteiger partial charge >= 0.3 is 21.7 Å². The number of rotatable bonds is 12. The summed E-state index contributed by atoms with van der Waals surface area (Å²) in [5.41, 5.74) is 4.45. The number of benzene rings is 3. The third-order valence-corrected chi connectivity index (χ3v) is 8.02. The van der Waals surface area contributed by atoms with E-state index < -0.39 is 16.8 Å². The Balaban J connectivity index is 0.000000670. The van der Waals surface area contributed by atoms with Crippen molar-refractivity contribution in [3.05, 3.63) is 130 Å². The van der Waals surface area contributed by atoms with E-state index in [9.17, 15) is 15.3 Å². The van der Waals surface area contributed by atoms with Gasteiger partial charge in [-0.25, -0.2) is 11.6 Å². The van der Waals surface area contributed by atoms with Crippen molar-refractivity contribution in [3.8, 4) is 0 Å². The Morgan fingerprint density at radius 2 is 0.865 bits per heavy atom. The molecule has 0 atom stereocenters. The molecule has 52 heavy (non-hydrogen) atoms. The molecule has 7 heteroatoms. The molecule has 0 spiro atoms. The molecule has 0 radical (unpaired) electrons. The van der Waals surface area contributed by atoms with E-state index in [1.165, 1.54) is 24.8 Å². The summed E-state index contributed by atoms with van der Waals surface area (Å²) in [5, 5.41) is 35.7. The minimum atomic E-state index is -1.01. The fourth-order valence-electron chi connectivity index (χ4n) is 5.75. The smallest absolute Gasteiger partial charge is 0.846 e. The first-order chi connectivity index (χ1) is 23.7. The first-order valence-electron chi connectivity index (χ1n) is 18.2. The van der Waals surface area contributed by atoms with Crippen LogP contribution in [0.15, 0.2) is 90.5 Å². The normalized spacial score (nSPS) is 12.6. The van der Waals surface area contributed by atoms with Gasteiger partial charge in [0.1, 0.15) is 0 Å². The van der Waals surface area contributed by atoms with Gasteiger partial charge in [0.2, 0.25) is 0 Å². The van der Waals surface area contributed by atoms with Gasteiger partial charge in [-0.3, -0.25) is 6.08 Å². The van der Waals surface area contributed by atoms with Gasteiger partial charge in [0.25, 0.3) is 0 Å². The Morgan fingerprint density at radius 3 is 1.10 bits per heavy atom. The molecule has 0 saturated heterocycles. The third-order valence-electron chi connectivity index (χ3n) is 8.02. The minimum absolute atomic E-state index is 0. The maximum Gasteiger partial charge on any atom is 4.00 e. The quantitative estimate of drug-likeness (QED) is 0.149. The van der Waals surface area contributed by atoms with E-state index in [1.807, 2.05) is 115 Å². The molecule has 284 valence electrons. The van der Waals surface area contributed by atoms with Gasteiger partial charge in [0.05, 0.1) is 0 Å². The molecule has 1 aliphatic carbocycles. The van der Waals surface area contributed by atoms with E-state index in [0.29, 0.717) is 0 Å². The molecule has 3 aromatic rings. The van der Waals surface area contributed by atoms with Gasteiger partial charge in [-0.2, -0.15) is 6.08 Å². The molecule has 0 aromatic heterocycles. The van der Waals surface area contributed by atoms with Crippen molar-refractivity contribution in [3.63, 3.8) is 0 Å². The van der Waals surface area contributed by atoms with Crippen LogP contribution in [0.25, 0.3) is 0 Å². The Morgan fingerprint density at radius 1 is 0.558 bits per heavy atom. The summed E-state index contributed by atoms with van der Waals surface area (Å²) in [4.78, 5) is 6.22. The Labute approximate surface area is 333 Å². The molecule has 0 amide bonds. The van der Waals surface area contributed by atoms with Crippen LogP contribution in [0.4, 0.5) is 0 Å². The Kier molecular flexibility index (Phi) is 23.0. The molecular formula is C45H67N3O3Ti. The predicted octanol–water partition coefficient (Wildman–Crippen LogP) is 6.89. The third kappa shape index (κ3) is 20.2. The van der Waals surface area contributed by atoms with Gasteiger partial charge in [-0.1, -0.05) is 174 Å². The van der Waals surface area contributed by atoms with E-state index in [1.54, 1.807) is 41.5 Å². The summed E-state index contributed by atoms with van der Waals surface area (Å²) in [6.45, 7) is 14.9. The fraction of sp³-hybridized carbons (Fsp3) is 0.511. The molecule has 0 N–H and O–H groups in total. The largest absolute Gasteiger partial charge is 4.00 e. The minimum Gasteiger partial charge on any atom is -0.846 e. The first-order valence-corrected chi connectivity index (χ1v) is 18.2. The Hall–Kier alpha value is -2.39. The molecule has 3 aromatic carbocycles. The van der Waals surface area contributed by atoms with E-state index >= 15 is 0 Å². The second kappa shape index (κ2) is 24.1. The number of allylic oxidation sites excluding steroid dienone is 4. The van der Waals surface area contributed by atoms with Crippen LogP contribution in [0.2, 0.25) is 0 Å². The SMILES string of the molecule is CCCCC1=[C-]CC=C1.CN(C)Cc1ccccc1C(C)(C)[O-].CN(C)Cc1ccccc1C(C)(C)[O-].CN(C)Cc1ccccc1C(C)(C)[O-].[Ti+4]. The van der Waals surface area contributed by atoms with Crippen molar-refractivity contribution in [1.82, 2.24) is 14.7 Å². The molecule has 1 aliphatic rings. The second-order valence-corrected chi connectivity index (χ2v) is 15.6. The van der Waals surface area contributed by atoms with Crippen molar-refractivity contribution in [2.24, 2.45) is 0 Å². The van der Waals surface area contributed by atoms with Gasteiger partial charge in [0.15, 0.2) is 0 Å². The maximum absolute atomic E-state index is 11.9. The van der Waals surface area contributed by atoms with Crippen LogP contribution in [-0.2, 0) is 58.2 Å². The molecule has 0 unspecified atom stereocenters. The maximum atomic E-state index is 11.9. The predicted molar refractivity (Wildman–Crippen MR) is 211 cm³/mol. The van der Waals surface area contributed by atoms with Crippen LogP contribution in [0, 0.1) is 6.08 Å². The first kappa shape index (κ1) is 49.6. The number of nitrogens with zero attached hydrogens (tertiary/aromatic N) is 3. The van der Waals surface area contributed by atoms with Crippen molar-refractivity contribution >= 4 is 0 Å². The van der Waals surface area contributed by atoms with Crippen molar-refractivity contribution < 1.29 is 37.0 Å². The molecule has 0 fully saturated rings. The van der Waals surface area contributed by atoms with Crippen molar-refractivity contribution in [2.45, 2.75) is 111 Å². The summed E-state index contributed by atoms with van der Waals surface area (Å²) in [5.74, 6) is 0. The molecule has 6 nitrogen and oxygen atoms in total. The van der Waals surface area contributed by atoms with Crippen LogP contribution in [-0.4, -0.2) is 57.0 Å². The van der Waals surface area contributed by atoms with Crippen LogP contribution >= 0.6 is 0 Å². The summed E-state index contributed by atoms with van der Waals surface area (Å²) >= 11 is 0. The monoisotopic (exact) mass is 745 g/mol. The van der Waals surface area contributed by atoms with E-state index in [2.05, 4.69) is 39.9 Å². The summed E-state index contributed by atoms with van der Waals surface area (Å²) in [7, 11) is 12.1. The van der Waals surface area contributed by atoms with E-state index in [4.69, 9.17) is 0 Å². The molecule has 4 rings (SSSR count). The van der Waals surface area contributed by atoms with Gasteiger partial charge in [0, 0.05) is 19.6 Å². The van der Waals surface area contributed by atoms with Crippen LogP contribution in [0.3, 0.4) is 0 Å². The average Bonchev–Trinajstić information content (AvgIpc) is 3.53. The average molecular weight is 746 g/mol. The topological polar surface area (TPSA) is 78.9 Å². The second-order valence-electron chi connectivity index (χ2n) is 15.6. The molecule has 0 bridgehead atoms. The number of hydrogen-bond acceptors (Lipinski definition) is 6. The van der Waals surface area contributed by atoms with Crippen LogP contribution in [0.1, 0.15) is 108 Å². The zero-order chi connectivity index (χ0) is 38.8. The van der Waals surface area contributed by atoms with Crippen LogP contribution < -0.4 is 15.3 Å². The van der Waals surface area contributed by atoms with Gasteiger partial charge < -0.3 is 30.0 Å². The zero-order valence-corrected chi connectivity index (χ0v) is 36.2.